The Morgan fingerprint density at radius 1 is 1.14 bits per heavy atom. The first-order valence-electron chi connectivity index (χ1n) is 14.8. The van der Waals surface area contributed by atoms with E-state index in [0.29, 0.717) is 30.0 Å². The Labute approximate surface area is 257 Å². The van der Waals surface area contributed by atoms with Crippen molar-refractivity contribution >= 4 is 29.5 Å². The van der Waals surface area contributed by atoms with Crippen LogP contribution >= 0.6 is 0 Å². The molecule has 2 aromatic rings. The molecule has 1 saturated heterocycles. The van der Waals surface area contributed by atoms with Gasteiger partial charge in [-0.15, -0.1) is 0 Å². The molecule has 10 N–H and O–H groups in total. The Hall–Kier alpha value is -4.49. The normalized spacial score (nSPS) is 18.2. The number of nitrogens with two attached hydrogens (primary N) is 3. The first-order valence-corrected chi connectivity index (χ1v) is 14.8. The number of hydrogen-bond acceptors (Lipinski definition) is 9. The van der Waals surface area contributed by atoms with E-state index < -0.39 is 29.9 Å². The first kappa shape index (κ1) is 34.0. The predicted octanol–water partition coefficient (Wildman–Crippen LogP) is 1.29. The number of carbonyl (C=O) groups excluding carboxylic acids is 4. The summed E-state index contributed by atoms with van der Waals surface area (Å²) in [5.41, 5.74) is 18.0. The molecule has 2 aliphatic rings. The molecule has 0 radical (unpaired) electrons. The van der Waals surface area contributed by atoms with E-state index >= 15 is 0 Å². The maximum atomic E-state index is 12.8. The van der Waals surface area contributed by atoms with E-state index in [2.05, 4.69) is 22.9 Å². The van der Waals surface area contributed by atoms with E-state index in [9.17, 15) is 19.2 Å². The summed E-state index contributed by atoms with van der Waals surface area (Å²) >= 11 is 0. The van der Waals surface area contributed by atoms with Crippen molar-refractivity contribution in [3.8, 4) is 11.5 Å². The van der Waals surface area contributed by atoms with Gasteiger partial charge in [0.05, 0.1) is 24.3 Å². The van der Waals surface area contributed by atoms with E-state index in [4.69, 9.17) is 32.1 Å². The van der Waals surface area contributed by atoms with Crippen LogP contribution in [-0.2, 0) is 9.59 Å². The second kappa shape index (κ2) is 16.4. The summed E-state index contributed by atoms with van der Waals surface area (Å²) < 4.78 is 11.0. The molecule has 13 nitrogen and oxygen atoms in total. The minimum absolute atomic E-state index is 0.127. The van der Waals surface area contributed by atoms with E-state index in [1.54, 1.807) is 36.4 Å². The number of esters is 1. The highest BCUT2D eigenvalue weighted by atomic mass is 16.5. The highest BCUT2D eigenvalue weighted by molar-refractivity contribution is 6.03. The van der Waals surface area contributed by atoms with Gasteiger partial charge in [0.2, 0.25) is 11.8 Å². The van der Waals surface area contributed by atoms with Crippen LogP contribution in [0, 0.1) is 5.41 Å². The summed E-state index contributed by atoms with van der Waals surface area (Å²) in [7, 11) is 0. The zero-order valence-corrected chi connectivity index (χ0v) is 25.2. The van der Waals surface area contributed by atoms with Crippen molar-refractivity contribution in [3.63, 3.8) is 0 Å². The number of guanidine groups is 1. The minimum atomic E-state index is -0.954. The molecule has 238 valence electrons. The minimum Gasteiger partial charge on any atom is -0.493 e. The van der Waals surface area contributed by atoms with Crippen LogP contribution in [0.1, 0.15) is 78.1 Å². The highest BCUT2D eigenvalue weighted by Gasteiger charge is 2.28. The zero-order valence-electron chi connectivity index (χ0n) is 25.2. The number of amides is 2. The van der Waals surface area contributed by atoms with Crippen LogP contribution in [0.5, 0.6) is 11.5 Å². The van der Waals surface area contributed by atoms with Gasteiger partial charge in [-0.25, -0.2) is 4.79 Å². The number of ketones is 1. The standard InChI is InChI=1S/C20H30N6O4.C11H13NO2/c1-12(21)18(28)26-15(8-5-11-25-20(22)23)19(29)30-16-9-3-2-6-13(16)17(27)14-7-4-10-24-14;1-7-4-5-14-10-6-8(11(12)13)2-3-9(7)10/h2-3,6,9,12,14-15,24H,4-5,7-8,10-11,21H2,1H3,(H,26,28)(H4,22,23,25);2-3,6-7H,4-5H2,1H3,(H2,12,13)/t12-,14-,15-;/m0./s1. The van der Waals surface area contributed by atoms with Gasteiger partial charge in [0.1, 0.15) is 17.5 Å². The van der Waals surface area contributed by atoms with Gasteiger partial charge in [0.25, 0.3) is 0 Å². The number of hydrogen-bond donors (Lipinski definition) is 7. The fourth-order valence-corrected chi connectivity index (χ4v) is 4.84. The van der Waals surface area contributed by atoms with Crippen LogP contribution < -0.4 is 42.6 Å². The number of primary amides is 1. The van der Waals surface area contributed by atoms with Crippen molar-refractivity contribution in [2.24, 2.45) is 17.2 Å². The van der Waals surface area contributed by atoms with E-state index in [-0.39, 0.29) is 30.0 Å². The fraction of sp³-hybridized carbons (Fsp3) is 0.452. The van der Waals surface area contributed by atoms with Crippen LogP contribution in [-0.4, -0.2) is 67.3 Å². The van der Waals surface area contributed by atoms with Crippen molar-refractivity contribution in [1.29, 1.82) is 5.41 Å². The quantitative estimate of drug-likeness (QED) is 0.0482. The van der Waals surface area contributed by atoms with Crippen LogP contribution in [0.2, 0.25) is 0 Å². The van der Waals surface area contributed by atoms with Gasteiger partial charge in [0.15, 0.2) is 11.7 Å². The molecular weight excluding hydrogens is 566 g/mol. The number of fused-ring (bicyclic) bond motifs is 1. The van der Waals surface area contributed by atoms with Gasteiger partial charge in [-0.3, -0.25) is 19.8 Å². The molecule has 2 aliphatic heterocycles. The van der Waals surface area contributed by atoms with Crippen molar-refractivity contribution in [3.05, 3.63) is 59.2 Å². The molecule has 1 fully saturated rings. The molecule has 13 heteroatoms. The SMILES string of the molecule is CC1CCOc2cc(C(N)=O)ccc21.C[C@H](N)C(=O)N[C@@H](CCCNC(=N)N)C(=O)Oc1ccccc1C(=O)[C@@H]1CCCN1. The molecule has 4 atom stereocenters. The summed E-state index contributed by atoms with van der Waals surface area (Å²) in [6.45, 7) is 5.52. The molecule has 0 bridgehead atoms. The molecule has 0 saturated carbocycles. The topological polar surface area (TPSA) is 225 Å². The average Bonchev–Trinajstić information content (AvgIpc) is 3.54. The lowest BCUT2D eigenvalue weighted by atomic mass is 9.94. The summed E-state index contributed by atoms with van der Waals surface area (Å²) in [5, 5.41) is 15.5. The Kier molecular flexibility index (Phi) is 12.7. The molecule has 2 aromatic carbocycles. The first-order chi connectivity index (χ1) is 21.0. The van der Waals surface area contributed by atoms with Gasteiger partial charge in [-0.2, -0.15) is 0 Å². The van der Waals surface area contributed by atoms with Gasteiger partial charge in [0, 0.05) is 12.1 Å². The molecule has 44 heavy (non-hydrogen) atoms. The molecule has 2 heterocycles. The predicted molar refractivity (Wildman–Crippen MR) is 166 cm³/mol. The van der Waals surface area contributed by atoms with Crippen molar-refractivity contribution < 1.29 is 28.7 Å². The Morgan fingerprint density at radius 2 is 1.89 bits per heavy atom. The van der Waals surface area contributed by atoms with Gasteiger partial charge < -0.3 is 42.6 Å². The van der Waals surface area contributed by atoms with Crippen molar-refractivity contribution in [2.75, 3.05) is 19.7 Å². The van der Waals surface area contributed by atoms with E-state index in [1.807, 2.05) is 6.07 Å². The third-order valence-corrected chi connectivity index (χ3v) is 7.38. The van der Waals surface area contributed by atoms with Crippen LogP contribution in [0.4, 0.5) is 0 Å². The summed E-state index contributed by atoms with van der Waals surface area (Å²) in [6.07, 6.45) is 3.38. The van der Waals surface area contributed by atoms with Gasteiger partial charge in [-0.1, -0.05) is 25.1 Å². The monoisotopic (exact) mass is 609 g/mol. The van der Waals surface area contributed by atoms with Gasteiger partial charge in [-0.05, 0) is 81.3 Å². The highest BCUT2D eigenvalue weighted by Crippen LogP contribution is 2.33. The summed E-state index contributed by atoms with van der Waals surface area (Å²) in [5.74, 6) is -0.430. The molecule has 0 aromatic heterocycles. The number of benzene rings is 2. The second-order valence-electron chi connectivity index (χ2n) is 10.9. The zero-order chi connectivity index (χ0) is 32.2. The Balaban J connectivity index is 0.000000312. The van der Waals surface area contributed by atoms with Crippen LogP contribution in [0.15, 0.2) is 42.5 Å². The van der Waals surface area contributed by atoms with Crippen LogP contribution in [0.25, 0.3) is 0 Å². The average molecular weight is 610 g/mol. The molecule has 2 amide bonds. The second-order valence-corrected chi connectivity index (χ2v) is 10.9. The fourth-order valence-electron chi connectivity index (χ4n) is 4.84. The summed E-state index contributed by atoms with van der Waals surface area (Å²) in [4.78, 5) is 48.5. The van der Waals surface area contributed by atoms with E-state index in [1.165, 1.54) is 12.5 Å². The third kappa shape index (κ3) is 9.78. The van der Waals surface area contributed by atoms with E-state index in [0.717, 1.165) is 38.2 Å². The molecule has 1 unspecified atom stereocenters. The number of carbonyl (C=O) groups is 4. The number of rotatable bonds is 11. The molecule has 4 rings (SSSR count). The number of nitrogens with one attached hydrogen (secondary N) is 4. The van der Waals surface area contributed by atoms with Crippen molar-refractivity contribution in [2.45, 2.75) is 70.0 Å². The molecule has 0 aliphatic carbocycles. The molecule has 0 spiro atoms. The number of Topliss-reactive ketones (excluding diaryl/α,β-unsaturated/α-hetero) is 1. The largest absolute Gasteiger partial charge is 0.493 e. The smallest absolute Gasteiger partial charge is 0.334 e. The Morgan fingerprint density at radius 3 is 2.55 bits per heavy atom. The lowest BCUT2D eigenvalue weighted by Crippen LogP contribution is -2.49. The van der Waals surface area contributed by atoms with Crippen molar-refractivity contribution in [1.82, 2.24) is 16.0 Å². The number of para-hydroxylation sites is 1. The lowest BCUT2D eigenvalue weighted by molar-refractivity contribution is -0.139. The van der Waals surface area contributed by atoms with Crippen LogP contribution in [0.3, 0.4) is 0 Å². The molecular formula is C31H43N7O6. The summed E-state index contributed by atoms with van der Waals surface area (Å²) in [6, 6.07) is 9.94. The Bertz CT molecular complexity index is 1340. The maximum absolute atomic E-state index is 12.8. The van der Waals surface area contributed by atoms with Gasteiger partial charge >= 0.3 is 5.97 Å². The lowest BCUT2D eigenvalue weighted by Gasteiger charge is -2.23. The third-order valence-electron chi connectivity index (χ3n) is 7.38. The maximum Gasteiger partial charge on any atom is 0.334 e. The number of ether oxygens (including phenoxy) is 2.